The van der Waals surface area contributed by atoms with Crippen LogP contribution in [0.5, 0.6) is 0 Å². The fourth-order valence-electron chi connectivity index (χ4n) is 1.64. The van der Waals surface area contributed by atoms with Crippen molar-refractivity contribution in [1.82, 2.24) is 4.98 Å². The molecule has 108 valence electrons. The summed E-state index contributed by atoms with van der Waals surface area (Å²) in [5.74, 6) is 4.32. The molecule has 0 aliphatic heterocycles. The fourth-order valence-corrected chi connectivity index (χ4v) is 2.83. The number of benzene rings is 1. The van der Waals surface area contributed by atoms with E-state index in [1.54, 1.807) is 6.07 Å². The van der Waals surface area contributed by atoms with E-state index in [-0.39, 0.29) is 16.4 Å². The van der Waals surface area contributed by atoms with E-state index < -0.39 is 21.4 Å². The van der Waals surface area contributed by atoms with Crippen molar-refractivity contribution in [3.63, 3.8) is 0 Å². The van der Waals surface area contributed by atoms with Crippen LogP contribution in [0.2, 0.25) is 0 Å². The zero-order valence-electron chi connectivity index (χ0n) is 10.5. The van der Waals surface area contributed by atoms with Crippen molar-refractivity contribution < 1.29 is 12.8 Å². The molecule has 0 spiro atoms. The molecule has 1 heterocycles. The van der Waals surface area contributed by atoms with Crippen LogP contribution < -0.4 is 16.0 Å². The summed E-state index contributed by atoms with van der Waals surface area (Å²) in [6.07, 6.45) is 1.36. The molecule has 0 aliphatic rings. The molecule has 0 bridgehead atoms. The maximum atomic E-state index is 13.5. The highest BCUT2D eigenvalue weighted by Gasteiger charge is 2.21. The lowest BCUT2D eigenvalue weighted by molar-refractivity contribution is 0.601. The second-order valence-electron chi connectivity index (χ2n) is 3.87. The minimum Gasteiger partial charge on any atom is -0.307 e. The summed E-state index contributed by atoms with van der Waals surface area (Å²) in [6.45, 7) is 0. The van der Waals surface area contributed by atoms with Crippen molar-refractivity contribution in [2.24, 2.45) is 5.84 Å². The highest BCUT2D eigenvalue weighted by molar-refractivity contribution is 7.92. The Morgan fingerprint density at radius 2 is 2.05 bits per heavy atom. The maximum absolute atomic E-state index is 13.5. The largest absolute Gasteiger partial charge is 0.307 e. The van der Waals surface area contributed by atoms with E-state index in [0.717, 1.165) is 6.07 Å². The molecule has 0 saturated heterocycles. The molecule has 0 unspecified atom stereocenters. The first-order valence-corrected chi connectivity index (χ1v) is 7.11. The van der Waals surface area contributed by atoms with E-state index in [9.17, 15) is 12.8 Å². The molecule has 2 rings (SSSR count). The second-order valence-corrected chi connectivity index (χ2v) is 5.53. The van der Waals surface area contributed by atoms with E-state index in [1.165, 1.54) is 30.5 Å². The monoisotopic (exact) mass is 307 g/mol. The summed E-state index contributed by atoms with van der Waals surface area (Å²) in [6, 6.07) is 7.93. The lowest BCUT2D eigenvalue weighted by Gasteiger charge is -2.12. The van der Waals surface area contributed by atoms with Gasteiger partial charge in [-0.3, -0.25) is 4.72 Å². The molecule has 0 amide bonds. The lowest BCUT2D eigenvalue weighted by atomic mass is 10.2. The van der Waals surface area contributed by atoms with Gasteiger partial charge in [-0.25, -0.2) is 23.6 Å². The average Bonchev–Trinajstić information content (AvgIpc) is 2.47. The first kappa shape index (κ1) is 14.7. The molecule has 2 aromatic rings. The SMILES string of the molecule is N#Cc1c(F)cccc1NS(=O)(=O)c1cccnc1NN. The maximum Gasteiger partial charge on any atom is 0.265 e. The van der Waals surface area contributed by atoms with Gasteiger partial charge in [0.2, 0.25) is 0 Å². The van der Waals surface area contributed by atoms with E-state index in [0.29, 0.717) is 0 Å². The zero-order valence-corrected chi connectivity index (χ0v) is 11.4. The number of hydrazine groups is 1. The number of aromatic nitrogens is 1. The number of nitrogens with zero attached hydrogens (tertiary/aromatic N) is 2. The van der Waals surface area contributed by atoms with Crippen molar-refractivity contribution in [2.75, 3.05) is 10.1 Å². The van der Waals surface area contributed by atoms with Gasteiger partial charge in [0.1, 0.15) is 22.3 Å². The Morgan fingerprint density at radius 3 is 2.71 bits per heavy atom. The minimum atomic E-state index is -4.08. The summed E-state index contributed by atoms with van der Waals surface area (Å²) in [5, 5.41) is 8.90. The van der Waals surface area contributed by atoms with Crippen molar-refractivity contribution in [3.05, 3.63) is 47.9 Å². The van der Waals surface area contributed by atoms with Gasteiger partial charge in [-0.2, -0.15) is 5.26 Å². The Labute approximate surface area is 120 Å². The van der Waals surface area contributed by atoms with Gasteiger partial charge in [-0.05, 0) is 24.3 Å². The van der Waals surface area contributed by atoms with Gasteiger partial charge in [0.15, 0.2) is 5.82 Å². The molecule has 7 nitrogen and oxygen atoms in total. The molecular weight excluding hydrogens is 297 g/mol. The molecule has 0 fully saturated rings. The van der Waals surface area contributed by atoms with Crippen LogP contribution in [-0.2, 0) is 10.0 Å². The van der Waals surface area contributed by atoms with Crippen molar-refractivity contribution >= 4 is 21.5 Å². The Morgan fingerprint density at radius 1 is 1.29 bits per heavy atom. The predicted molar refractivity (Wildman–Crippen MR) is 74.0 cm³/mol. The number of nitrogens with one attached hydrogen (secondary N) is 2. The number of hydrogen-bond acceptors (Lipinski definition) is 6. The predicted octanol–water partition coefficient (Wildman–Crippen LogP) is 1.18. The Hall–Kier alpha value is -2.70. The Bertz CT molecular complexity index is 817. The summed E-state index contributed by atoms with van der Waals surface area (Å²) in [7, 11) is -4.08. The van der Waals surface area contributed by atoms with E-state index in [4.69, 9.17) is 11.1 Å². The first-order valence-electron chi connectivity index (χ1n) is 5.62. The van der Waals surface area contributed by atoms with Crippen molar-refractivity contribution in [2.45, 2.75) is 4.90 Å². The van der Waals surface area contributed by atoms with Gasteiger partial charge in [0.25, 0.3) is 10.0 Å². The number of nitriles is 1. The highest BCUT2D eigenvalue weighted by Crippen LogP contribution is 2.24. The number of sulfonamides is 1. The molecule has 4 N–H and O–H groups in total. The standard InChI is InChI=1S/C12H10FN5O2S/c13-9-3-1-4-10(8(9)7-14)18-21(19,20)11-5-2-6-16-12(11)17-15/h1-6,18H,15H2,(H,16,17). The first-order chi connectivity index (χ1) is 9.99. The molecular formula is C12H10FN5O2S. The quantitative estimate of drug-likeness (QED) is 0.576. The lowest BCUT2D eigenvalue weighted by Crippen LogP contribution is -2.19. The summed E-state index contributed by atoms with van der Waals surface area (Å²) >= 11 is 0. The average molecular weight is 307 g/mol. The third-order valence-corrected chi connectivity index (χ3v) is 3.96. The third-order valence-electron chi connectivity index (χ3n) is 2.57. The summed E-state index contributed by atoms with van der Waals surface area (Å²) < 4.78 is 40.2. The van der Waals surface area contributed by atoms with Crippen LogP contribution in [0.3, 0.4) is 0 Å². The highest BCUT2D eigenvalue weighted by atomic mass is 32.2. The Balaban J connectivity index is 2.48. The number of nitrogens with two attached hydrogens (primary N) is 1. The molecule has 0 aliphatic carbocycles. The van der Waals surface area contributed by atoms with Gasteiger partial charge in [0.05, 0.1) is 5.69 Å². The number of hydrogen-bond donors (Lipinski definition) is 3. The molecule has 0 atom stereocenters. The van der Waals surface area contributed by atoms with E-state index >= 15 is 0 Å². The number of halogens is 1. The van der Waals surface area contributed by atoms with Gasteiger partial charge in [0, 0.05) is 6.20 Å². The van der Waals surface area contributed by atoms with Gasteiger partial charge in [-0.1, -0.05) is 6.07 Å². The number of pyridine rings is 1. The Kier molecular flexibility index (Phi) is 4.02. The normalized spacial score (nSPS) is 10.7. The fraction of sp³-hybridized carbons (Fsp3) is 0. The van der Waals surface area contributed by atoms with Gasteiger partial charge in [-0.15, -0.1) is 0 Å². The number of rotatable bonds is 4. The number of nitrogen functional groups attached to an aromatic ring is 1. The van der Waals surface area contributed by atoms with Gasteiger partial charge < -0.3 is 5.43 Å². The molecule has 1 aromatic heterocycles. The summed E-state index contributed by atoms with van der Waals surface area (Å²) in [4.78, 5) is 3.55. The topological polar surface area (TPSA) is 121 Å². The van der Waals surface area contributed by atoms with Crippen molar-refractivity contribution in [1.29, 1.82) is 5.26 Å². The smallest absolute Gasteiger partial charge is 0.265 e. The van der Waals surface area contributed by atoms with E-state index in [2.05, 4.69) is 15.1 Å². The van der Waals surface area contributed by atoms with Crippen LogP contribution in [0.4, 0.5) is 15.9 Å². The third kappa shape index (κ3) is 2.91. The molecule has 0 saturated carbocycles. The van der Waals surface area contributed by atoms with Crippen molar-refractivity contribution in [3.8, 4) is 6.07 Å². The van der Waals surface area contributed by atoms with Crippen LogP contribution in [0.25, 0.3) is 0 Å². The molecule has 0 radical (unpaired) electrons. The molecule has 9 heteroatoms. The van der Waals surface area contributed by atoms with E-state index in [1.807, 2.05) is 0 Å². The van der Waals surface area contributed by atoms with Crippen LogP contribution in [0.15, 0.2) is 41.4 Å². The van der Waals surface area contributed by atoms with Gasteiger partial charge >= 0.3 is 0 Å². The summed E-state index contributed by atoms with van der Waals surface area (Å²) in [5.41, 5.74) is 1.60. The molecule has 1 aromatic carbocycles. The zero-order chi connectivity index (χ0) is 15.5. The number of anilines is 2. The molecule has 21 heavy (non-hydrogen) atoms. The van der Waals surface area contributed by atoms with Crippen LogP contribution in [-0.4, -0.2) is 13.4 Å². The second kappa shape index (κ2) is 5.74. The van der Waals surface area contributed by atoms with Crippen LogP contribution in [0.1, 0.15) is 5.56 Å². The van der Waals surface area contributed by atoms with Crippen LogP contribution in [0, 0.1) is 17.1 Å². The minimum absolute atomic E-state index is 0.0695. The van der Waals surface area contributed by atoms with Crippen LogP contribution >= 0.6 is 0 Å².